The van der Waals surface area contributed by atoms with E-state index in [2.05, 4.69) is 5.32 Å². The van der Waals surface area contributed by atoms with E-state index in [4.69, 9.17) is 0 Å². The fourth-order valence-electron chi connectivity index (χ4n) is 1.87. The number of hydrogen-bond acceptors (Lipinski definition) is 3. The van der Waals surface area contributed by atoms with Crippen LogP contribution < -0.4 is 5.32 Å². The largest absolute Gasteiger partial charge is 0.312 e. The molecule has 1 aromatic carbocycles. The van der Waals surface area contributed by atoms with Gasteiger partial charge in [-0.2, -0.15) is 0 Å². The van der Waals surface area contributed by atoms with Crippen LogP contribution in [0.25, 0.3) is 0 Å². The molecule has 102 valence electrons. The monoisotopic (exact) mass is 277 g/mol. The van der Waals surface area contributed by atoms with Crippen LogP contribution in [-0.4, -0.2) is 26.5 Å². The first-order valence-corrected chi connectivity index (χ1v) is 7.31. The van der Waals surface area contributed by atoms with Crippen molar-refractivity contribution in [3.05, 3.63) is 35.4 Å². The normalized spacial score (nSPS) is 14.6. The molecule has 0 aliphatic rings. The molecule has 0 aliphatic carbocycles. The molecule has 0 aliphatic heterocycles. The van der Waals surface area contributed by atoms with E-state index in [-0.39, 0.29) is 5.56 Å². The maximum atomic E-state index is 13.2. The van der Waals surface area contributed by atoms with Gasteiger partial charge in [0.25, 0.3) is 0 Å². The second-order valence-electron chi connectivity index (χ2n) is 4.80. The number of nitrogens with one attached hydrogen (secondary N) is 1. The Morgan fingerprint density at radius 1 is 1.17 bits per heavy atom. The lowest BCUT2D eigenvalue weighted by atomic mass is 9.95. The summed E-state index contributed by atoms with van der Waals surface area (Å²) >= 11 is 0. The van der Waals surface area contributed by atoms with Crippen molar-refractivity contribution in [2.75, 3.05) is 13.3 Å². The summed E-state index contributed by atoms with van der Waals surface area (Å²) in [5.74, 6) is -1.45. The Hall–Kier alpha value is -1.01. The first kappa shape index (κ1) is 15.0. The van der Waals surface area contributed by atoms with Crippen LogP contribution in [0.5, 0.6) is 0 Å². The van der Waals surface area contributed by atoms with E-state index in [1.807, 2.05) is 0 Å². The SMILES string of the molecule is CNC(c1cc(F)cc(F)c1)C(C)(C)S(C)(=O)=O. The van der Waals surface area contributed by atoms with E-state index in [1.165, 1.54) is 13.8 Å². The van der Waals surface area contributed by atoms with Crippen molar-refractivity contribution in [3.63, 3.8) is 0 Å². The Morgan fingerprint density at radius 3 is 1.94 bits per heavy atom. The van der Waals surface area contributed by atoms with Gasteiger partial charge in [-0.05, 0) is 38.6 Å². The molecule has 3 nitrogen and oxygen atoms in total. The smallest absolute Gasteiger partial charge is 0.154 e. The van der Waals surface area contributed by atoms with E-state index >= 15 is 0 Å². The number of hydrogen-bond donors (Lipinski definition) is 1. The van der Waals surface area contributed by atoms with Crippen molar-refractivity contribution in [1.29, 1.82) is 0 Å². The predicted octanol–water partition coefficient (Wildman–Crippen LogP) is 2.05. The molecule has 1 aromatic rings. The zero-order valence-electron chi connectivity index (χ0n) is 10.8. The molecule has 0 aromatic heterocycles. The quantitative estimate of drug-likeness (QED) is 0.916. The fourth-order valence-corrected chi connectivity index (χ4v) is 2.55. The first-order valence-electron chi connectivity index (χ1n) is 5.42. The van der Waals surface area contributed by atoms with Gasteiger partial charge in [-0.25, -0.2) is 17.2 Å². The first-order chi connectivity index (χ1) is 8.09. The van der Waals surface area contributed by atoms with Gasteiger partial charge in [0.2, 0.25) is 0 Å². The molecule has 6 heteroatoms. The molecule has 0 amide bonds. The van der Waals surface area contributed by atoms with Crippen molar-refractivity contribution in [1.82, 2.24) is 5.32 Å². The Morgan fingerprint density at radius 2 is 1.61 bits per heavy atom. The summed E-state index contributed by atoms with van der Waals surface area (Å²) in [6, 6.07) is 2.33. The average molecular weight is 277 g/mol. The van der Waals surface area contributed by atoms with Gasteiger partial charge in [0.15, 0.2) is 9.84 Å². The van der Waals surface area contributed by atoms with E-state index in [0.29, 0.717) is 0 Å². The number of halogens is 2. The van der Waals surface area contributed by atoms with Gasteiger partial charge in [-0.1, -0.05) is 0 Å². The summed E-state index contributed by atoms with van der Waals surface area (Å²) < 4.78 is 48.7. The lowest BCUT2D eigenvalue weighted by Gasteiger charge is -2.32. The molecule has 1 N–H and O–H groups in total. The third kappa shape index (κ3) is 2.87. The van der Waals surface area contributed by atoms with Crippen LogP contribution in [0.2, 0.25) is 0 Å². The van der Waals surface area contributed by atoms with Crippen molar-refractivity contribution in [2.24, 2.45) is 0 Å². The van der Waals surface area contributed by atoms with Crippen molar-refractivity contribution >= 4 is 9.84 Å². The highest BCUT2D eigenvalue weighted by Gasteiger charge is 2.39. The standard InChI is InChI=1S/C12H17F2NO2S/c1-12(2,18(4,16)17)11(15-3)8-5-9(13)7-10(14)6-8/h5-7,11,15H,1-4H3. The van der Waals surface area contributed by atoms with Crippen LogP contribution in [0.1, 0.15) is 25.5 Å². The van der Waals surface area contributed by atoms with Gasteiger partial charge < -0.3 is 5.32 Å². The summed E-state index contributed by atoms with van der Waals surface area (Å²) in [6.45, 7) is 3.04. The minimum atomic E-state index is -3.39. The Labute approximate surface area is 106 Å². The van der Waals surface area contributed by atoms with Gasteiger partial charge in [0.05, 0.1) is 10.8 Å². The van der Waals surface area contributed by atoms with Crippen LogP contribution in [0, 0.1) is 11.6 Å². The molecule has 1 rings (SSSR count). The molecule has 1 atom stereocenters. The second kappa shape index (κ2) is 4.93. The van der Waals surface area contributed by atoms with Crippen molar-refractivity contribution in [3.8, 4) is 0 Å². The Kier molecular flexibility index (Phi) is 4.12. The molecule has 0 saturated heterocycles. The molecular weight excluding hydrogens is 260 g/mol. The molecule has 0 saturated carbocycles. The minimum absolute atomic E-state index is 0.269. The topological polar surface area (TPSA) is 46.2 Å². The fraction of sp³-hybridized carbons (Fsp3) is 0.500. The molecule has 0 radical (unpaired) electrons. The lowest BCUT2D eigenvalue weighted by Crippen LogP contribution is -2.43. The minimum Gasteiger partial charge on any atom is -0.312 e. The summed E-state index contributed by atoms with van der Waals surface area (Å²) in [6.07, 6.45) is 1.10. The summed E-state index contributed by atoms with van der Waals surface area (Å²) in [7, 11) is -1.84. The third-order valence-corrected chi connectivity index (χ3v) is 5.30. The Bertz CT molecular complexity index is 521. The van der Waals surface area contributed by atoms with Crippen LogP contribution in [-0.2, 0) is 9.84 Å². The van der Waals surface area contributed by atoms with Crippen LogP contribution in [0.4, 0.5) is 8.78 Å². The van der Waals surface area contributed by atoms with Crippen LogP contribution in [0.15, 0.2) is 18.2 Å². The maximum absolute atomic E-state index is 13.2. The third-order valence-electron chi connectivity index (χ3n) is 3.16. The van der Waals surface area contributed by atoms with Crippen LogP contribution >= 0.6 is 0 Å². The second-order valence-corrected chi connectivity index (χ2v) is 7.40. The summed E-state index contributed by atoms with van der Waals surface area (Å²) in [4.78, 5) is 0. The van der Waals surface area contributed by atoms with Crippen molar-refractivity contribution in [2.45, 2.75) is 24.6 Å². The molecule has 0 spiro atoms. The highest BCUT2D eigenvalue weighted by Crippen LogP contribution is 2.32. The number of sulfone groups is 1. The van der Waals surface area contributed by atoms with E-state index < -0.39 is 32.3 Å². The van der Waals surface area contributed by atoms with Gasteiger partial charge in [0, 0.05) is 12.3 Å². The zero-order valence-corrected chi connectivity index (χ0v) is 11.6. The zero-order chi connectivity index (χ0) is 14.1. The highest BCUT2D eigenvalue weighted by atomic mass is 32.2. The molecule has 18 heavy (non-hydrogen) atoms. The van der Waals surface area contributed by atoms with Gasteiger partial charge in [-0.3, -0.25) is 0 Å². The molecule has 1 unspecified atom stereocenters. The van der Waals surface area contributed by atoms with E-state index in [0.717, 1.165) is 24.5 Å². The molecule has 0 bridgehead atoms. The van der Waals surface area contributed by atoms with Gasteiger partial charge >= 0.3 is 0 Å². The van der Waals surface area contributed by atoms with Crippen LogP contribution in [0.3, 0.4) is 0 Å². The number of rotatable bonds is 4. The van der Waals surface area contributed by atoms with Crippen molar-refractivity contribution < 1.29 is 17.2 Å². The predicted molar refractivity (Wildman–Crippen MR) is 67.1 cm³/mol. The molecule has 0 fully saturated rings. The lowest BCUT2D eigenvalue weighted by molar-refractivity contribution is 0.441. The molecule has 0 heterocycles. The van der Waals surface area contributed by atoms with E-state index in [1.54, 1.807) is 7.05 Å². The van der Waals surface area contributed by atoms with Gasteiger partial charge in [0.1, 0.15) is 11.6 Å². The van der Waals surface area contributed by atoms with Gasteiger partial charge in [-0.15, -0.1) is 0 Å². The highest BCUT2D eigenvalue weighted by molar-refractivity contribution is 7.92. The maximum Gasteiger partial charge on any atom is 0.154 e. The Balaban J connectivity index is 3.34. The van der Waals surface area contributed by atoms with E-state index in [9.17, 15) is 17.2 Å². The number of benzene rings is 1. The average Bonchev–Trinajstić information content (AvgIpc) is 2.14. The summed E-state index contributed by atoms with van der Waals surface area (Å²) in [5.41, 5.74) is 0.269. The molecular formula is C12H17F2NO2S. The summed E-state index contributed by atoms with van der Waals surface area (Å²) in [5, 5.41) is 2.81.